The number of fused-ring (bicyclic) bond motifs is 1. The molecule has 0 spiro atoms. The second kappa shape index (κ2) is 5.66. The van der Waals surface area contributed by atoms with Crippen LogP contribution in [0.25, 0.3) is 10.9 Å². The number of aromatic amines is 1. The lowest BCUT2D eigenvalue weighted by Gasteiger charge is -2.05. The van der Waals surface area contributed by atoms with Crippen LogP contribution in [0.15, 0.2) is 24.4 Å². The first kappa shape index (κ1) is 11.1. The Kier molecular flexibility index (Phi) is 3.94. The highest BCUT2D eigenvalue weighted by Crippen LogP contribution is 2.15. The lowest BCUT2D eigenvalue weighted by Crippen LogP contribution is -2.14. The average Bonchev–Trinajstić information content (AvgIpc) is 2.77. The van der Waals surface area contributed by atoms with Gasteiger partial charge in [-0.15, -0.1) is 0 Å². The van der Waals surface area contributed by atoms with Crippen LogP contribution < -0.4 is 5.32 Å². The van der Waals surface area contributed by atoms with E-state index in [9.17, 15) is 0 Å². The SMILES string of the molecule is CCCCCNCc1cccc2cn[nH]c12. The van der Waals surface area contributed by atoms with Crippen molar-refractivity contribution in [2.45, 2.75) is 32.7 Å². The molecule has 0 saturated heterocycles. The fraction of sp³-hybridized carbons (Fsp3) is 0.462. The summed E-state index contributed by atoms with van der Waals surface area (Å²) in [5.74, 6) is 0. The van der Waals surface area contributed by atoms with E-state index in [2.05, 4.69) is 40.6 Å². The van der Waals surface area contributed by atoms with E-state index in [1.54, 1.807) is 0 Å². The molecule has 0 radical (unpaired) electrons. The largest absolute Gasteiger partial charge is 0.313 e. The maximum absolute atomic E-state index is 4.07. The zero-order chi connectivity index (χ0) is 11.2. The second-order valence-corrected chi connectivity index (χ2v) is 4.14. The van der Waals surface area contributed by atoms with E-state index >= 15 is 0 Å². The van der Waals surface area contributed by atoms with Crippen molar-refractivity contribution < 1.29 is 0 Å². The van der Waals surface area contributed by atoms with Crippen LogP contribution in [0.3, 0.4) is 0 Å². The van der Waals surface area contributed by atoms with Crippen LogP contribution in [-0.2, 0) is 6.54 Å². The van der Waals surface area contributed by atoms with E-state index in [-0.39, 0.29) is 0 Å². The molecule has 0 fully saturated rings. The molecule has 3 heteroatoms. The van der Waals surface area contributed by atoms with Gasteiger partial charge in [0.15, 0.2) is 0 Å². The number of hydrogen-bond donors (Lipinski definition) is 2. The van der Waals surface area contributed by atoms with E-state index in [1.165, 1.54) is 30.2 Å². The van der Waals surface area contributed by atoms with Crippen LogP contribution in [0, 0.1) is 0 Å². The molecule has 0 saturated carbocycles. The van der Waals surface area contributed by atoms with Gasteiger partial charge >= 0.3 is 0 Å². The zero-order valence-corrected chi connectivity index (χ0v) is 9.79. The maximum Gasteiger partial charge on any atom is 0.0695 e. The highest BCUT2D eigenvalue weighted by atomic mass is 15.1. The van der Waals surface area contributed by atoms with Crippen LogP contribution >= 0.6 is 0 Å². The fourth-order valence-electron chi connectivity index (χ4n) is 1.90. The quantitative estimate of drug-likeness (QED) is 0.730. The maximum atomic E-state index is 4.07. The van der Waals surface area contributed by atoms with Crippen LogP contribution in [0.2, 0.25) is 0 Å². The first-order valence-electron chi connectivity index (χ1n) is 6.03. The van der Waals surface area contributed by atoms with Crippen molar-refractivity contribution in [2.24, 2.45) is 0 Å². The van der Waals surface area contributed by atoms with Crippen molar-refractivity contribution in [3.8, 4) is 0 Å². The van der Waals surface area contributed by atoms with Crippen molar-refractivity contribution in [2.75, 3.05) is 6.54 Å². The molecule has 1 aromatic heterocycles. The van der Waals surface area contributed by atoms with E-state index in [1.807, 2.05) is 6.20 Å². The summed E-state index contributed by atoms with van der Waals surface area (Å²) in [6.45, 7) is 4.24. The number of unbranched alkanes of at least 4 members (excludes halogenated alkanes) is 2. The highest BCUT2D eigenvalue weighted by Gasteiger charge is 2.01. The summed E-state index contributed by atoms with van der Waals surface area (Å²) >= 11 is 0. The fourth-order valence-corrected chi connectivity index (χ4v) is 1.90. The van der Waals surface area contributed by atoms with Crippen molar-refractivity contribution >= 4 is 10.9 Å². The molecule has 1 aromatic carbocycles. The second-order valence-electron chi connectivity index (χ2n) is 4.14. The van der Waals surface area contributed by atoms with Crippen LogP contribution in [-0.4, -0.2) is 16.7 Å². The number of nitrogens with zero attached hydrogens (tertiary/aromatic N) is 1. The predicted molar refractivity (Wildman–Crippen MR) is 67.3 cm³/mol. The Labute approximate surface area is 96.2 Å². The van der Waals surface area contributed by atoms with Gasteiger partial charge in [0.25, 0.3) is 0 Å². The molecule has 3 nitrogen and oxygen atoms in total. The minimum absolute atomic E-state index is 0.920. The van der Waals surface area contributed by atoms with Crippen molar-refractivity contribution in [1.29, 1.82) is 0 Å². The molecule has 2 aromatic rings. The molecule has 86 valence electrons. The van der Waals surface area contributed by atoms with Gasteiger partial charge < -0.3 is 5.32 Å². The monoisotopic (exact) mass is 217 g/mol. The Morgan fingerprint density at radius 1 is 1.31 bits per heavy atom. The van der Waals surface area contributed by atoms with Gasteiger partial charge in [-0.2, -0.15) is 5.10 Å². The lowest BCUT2D eigenvalue weighted by atomic mass is 10.1. The smallest absolute Gasteiger partial charge is 0.0695 e. The van der Waals surface area contributed by atoms with E-state index in [4.69, 9.17) is 0 Å². The van der Waals surface area contributed by atoms with Gasteiger partial charge in [-0.25, -0.2) is 0 Å². The summed E-state index contributed by atoms with van der Waals surface area (Å²) in [4.78, 5) is 0. The average molecular weight is 217 g/mol. The minimum atomic E-state index is 0.920. The third kappa shape index (κ3) is 2.61. The van der Waals surface area contributed by atoms with Gasteiger partial charge in [0, 0.05) is 11.9 Å². The minimum Gasteiger partial charge on any atom is -0.313 e. The van der Waals surface area contributed by atoms with Gasteiger partial charge in [0.2, 0.25) is 0 Å². The molecule has 1 heterocycles. The molecular formula is C13H19N3. The third-order valence-electron chi connectivity index (χ3n) is 2.84. The van der Waals surface area contributed by atoms with Gasteiger partial charge in [0.1, 0.15) is 0 Å². The van der Waals surface area contributed by atoms with Gasteiger partial charge in [-0.3, -0.25) is 5.10 Å². The molecule has 0 atom stereocenters. The van der Waals surface area contributed by atoms with Crippen molar-refractivity contribution in [3.63, 3.8) is 0 Å². The zero-order valence-electron chi connectivity index (χ0n) is 9.79. The molecule has 2 N–H and O–H groups in total. The Hall–Kier alpha value is -1.35. The molecule has 2 rings (SSSR count). The Morgan fingerprint density at radius 3 is 3.12 bits per heavy atom. The number of H-pyrrole nitrogens is 1. The first-order valence-corrected chi connectivity index (χ1v) is 6.03. The summed E-state index contributed by atoms with van der Waals surface area (Å²) < 4.78 is 0. The summed E-state index contributed by atoms with van der Waals surface area (Å²) in [6, 6.07) is 6.31. The molecule has 0 unspecified atom stereocenters. The van der Waals surface area contributed by atoms with E-state index in [0.717, 1.165) is 18.6 Å². The van der Waals surface area contributed by atoms with Gasteiger partial charge in [-0.05, 0) is 18.5 Å². The number of para-hydroxylation sites is 1. The van der Waals surface area contributed by atoms with Gasteiger partial charge in [0.05, 0.1) is 11.7 Å². The van der Waals surface area contributed by atoms with Crippen LogP contribution in [0.5, 0.6) is 0 Å². The molecule has 0 bridgehead atoms. The number of nitrogens with one attached hydrogen (secondary N) is 2. The first-order chi connectivity index (χ1) is 7.92. The standard InChI is InChI=1S/C13H19N3/c1-2-3-4-8-14-9-11-6-5-7-12-10-15-16-13(11)12/h5-7,10,14H,2-4,8-9H2,1H3,(H,15,16). The molecule has 0 aliphatic heterocycles. The van der Waals surface area contributed by atoms with E-state index < -0.39 is 0 Å². The lowest BCUT2D eigenvalue weighted by molar-refractivity contribution is 0.618. The van der Waals surface area contributed by atoms with Crippen LogP contribution in [0.1, 0.15) is 31.7 Å². The molecule has 0 amide bonds. The number of hydrogen-bond acceptors (Lipinski definition) is 2. The summed E-state index contributed by atoms with van der Waals surface area (Å²) in [5, 5.41) is 11.8. The molecule has 0 aliphatic carbocycles. The number of rotatable bonds is 6. The van der Waals surface area contributed by atoms with Crippen molar-refractivity contribution in [1.82, 2.24) is 15.5 Å². The Morgan fingerprint density at radius 2 is 2.25 bits per heavy atom. The topological polar surface area (TPSA) is 40.7 Å². The summed E-state index contributed by atoms with van der Waals surface area (Å²) in [7, 11) is 0. The predicted octanol–water partition coefficient (Wildman–Crippen LogP) is 2.84. The number of aromatic nitrogens is 2. The van der Waals surface area contributed by atoms with Crippen molar-refractivity contribution in [3.05, 3.63) is 30.0 Å². The molecular weight excluding hydrogens is 198 g/mol. The van der Waals surface area contributed by atoms with E-state index in [0.29, 0.717) is 0 Å². The summed E-state index contributed by atoms with van der Waals surface area (Å²) in [5.41, 5.74) is 2.46. The summed E-state index contributed by atoms with van der Waals surface area (Å²) in [6.07, 6.45) is 5.71. The molecule has 0 aliphatic rings. The van der Waals surface area contributed by atoms with Gasteiger partial charge in [-0.1, -0.05) is 38.0 Å². The highest BCUT2D eigenvalue weighted by molar-refractivity contribution is 5.81. The molecule has 16 heavy (non-hydrogen) atoms. The number of benzene rings is 1. The Balaban J connectivity index is 1.91. The normalized spacial score (nSPS) is 11.1. The van der Waals surface area contributed by atoms with Crippen LogP contribution in [0.4, 0.5) is 0 Å². The Bertz CT molecular complexity index is 433. The third-order valence-corrected chi connectivity index (χ3v) is 2.84.